The Morgan fingerprint density at radius 2 is 1.67 bits per heavy atom. The van der Waals surface area contributed by atoms with Crippen molar-refractivity contribution in [2.75, 3.05) is 0 Å². The molecule has 0 saturated heterocycles. The molecule has 0 radical (unpaired) electrons. The Morgan fingerprint density at radius 1 is 1.10 bits per heavy atom. The molecule has 1 aliphatic rings. The average molecular weight is 370 g/mol. The van der Waals surface area contributed by atoms with E-state index in [0.29, 0.717) is 10.0 Å². The summed E-state index contributed by atoms with van der Waals surface area (Å²) in [7, 11) is -3.55. The topological polar surface area (TPSA) is 37.4 Å². The zero-order valence-corrected chi connectivity index (χ0v) is 13.7. The van der Waals surface area contributed by atoms with Crippen LogP contribution in [-0.2, 0) is 23.1 Å². The van der Waals surface area contributed by atoms with Crippen LogP contribution in [0.2, 0.25) is 0 Å². The quantitative estimate of drug-likeness (QED) is 0.810. The lowest BCUT2D eigenvalue weighted by Crippen LogP contribution is -2.25. The highest BCUT2D eigenvalue weighted by molar-refractivity contribution is 9.10. The maximum Gasteiger partial charge on any atom is 0.243 e. The Kier molecular flexibility index (Phi) is 3.63. The van der Waals surface area contributed by atoms with Crippen LogP contribution in [0.1, 0.15) is 16.7 Å². The van der Waals surface area contributed by atoms with Gasteiger partial charge in [-0.2, -0.15) is 4.31 Å². The number of hydrogen-bond donors (Lipinski definition) is 0. The van der Waals surface area contributed by atoms with E-state index in [4.69, 9.17) is 0 Å². The number of sulfonamides is 1. The van der Waals surface area contributed by atoms with Crippen LogP contribution >= 0.6 is 15.9 Å². The van der Waals surface area contributed by atoms with Gasteiger partial charge in [-0.15, -0.1) is 0 Å². The Labute approximate surface area is 131 Å². The molecule has 21 heavy (non-hydrogen) atoms. The summed E-state index contributed by atoms with van der Waals surface area (Å²) in [6.07, 6.45) is 0. The first-order valence-corrected chi connectivity index (χ1v) is 8.65. The van der Waals surface area contributed by atoms with E-state index in [1.54, 1.807) is 30.3 Å². The molecule has 0 aliphatic carbocycles. The van der Waals surface area contributed by atoms with Gasteiger partial charge in [0.15, 0.2) is 0 Å². The first kappa shape index (κ1) is 14.7. The fraction of sp³-hybridized carbons (Fsp3) is 0.200. The van der Waals surface area contributed by atoms with Gasteiger partial charge in [0, 0.05) is 13.1 Å². The van der Waals surface area contributed by atoms with Gasteiger partial charge in [-0.1, -0.05) is 17.7 Å². The SMILES string of the molecule is Cc1ccc(S(=O)(=O)N2Cc3cc(F)c(Br)cc3C2)cc1. The van der Waals surface area contributed by atoms with Crippen molar-refractivity contribution in [1.29, 1.82) is 0 Å². The second-order valence-corrected chi connectivity index (χ2v) is 7.91. The number of rotatable bonds is 2. The molecule has 0 unspecified atom stereocenters. The number of nitrogens with zero attached hydrogens (tertiary/aromatic N) is 1. The molecule has 0 spiro atoms. The maximum absolute atomic E-state index is 13.6. The third kappa shape index (κ3) is 2.63. The van der Waals surface area contributed by atoms with Crippen molar-refractivity contribution < 1.29 is 12.8 Å². The second-order valence-electron chi connectivity index (χ2n) is 5.12. The number of fused-ring (bicyclic) bond motifs is 1. The van der Waals surface area contributed by atoms with E-state index in [9.17, 15) is 12.8 Å². The standard InChI is InChI=1S/C15H13BrFNO2S/c1-10-2-4-13(5-3-10)21(19,20)18-8-11-6-14(16)15(17)7-12(11)9-18/h2-7H,8-9H2,1H3. The van der Waals surface area contributed by atoms with Gasteiger partial charge in [-0.3, -0.25) is 0 Å². The number of hydrogen-bond acceptors (Lipinski definition) is 2. The average Bonchev–Trinajstić information content (AvgIpc) is 2.83. The molecule has 0 aromatic heterocycles. The molecule has 2 aromatic rings. The van der Waals surface area contributed by atoms with E-state index in [0.717, 1.165) is 11.1 Å². The second kappa shape index (κ2) is 5.19. The molecular weight excluding hydrogens is 357 g/mol. The lowest BCUT2D eigenvalue weighted by Gasteiger charge is -2.15. The molecule has 1 heterocycles. The van der Waals surface area contributed by atoms with Crippen molar-refractivity contribution in [3.05, 3.63) is 63.4 Å². The van der Waals surface area contributed by atoms with Crippen LogP contribution in [-0.4, -0.2) is 12.7 Å². The molecule has 110 valence electrons. The summed E-state index contributed by atoms with van der Waals surface area (Å²) in [4.78, 5) is 0.264. The fourth-order valence-corrected chi connectivity index (χ4v) is 4.18. The predicted molar refractivity (Wildman–Crippen MR) is 81.7 cm³/mol. The van der Waals surface area contributed by atoms with Crippen molar-refractivity contribution in [1.82, 2.24) is 4.31 Å². The molecule has 0 amide bonds. The van der Waals surface area contributed by atoms with Crippen LogP contribution in [0.5, 0.6) is 0 Å². The summed E-state index contributed by atoms with van der Waals surface area (Å²) in [5.41, 5.74) is 2.55. The summed E-state index contributed by atoms with van der Waals surface area (Å²) < 4.78 is 40.5. The Bertz CT molecular complexity index is 772. The Balaban J connectivity index is 1.94. The number of benzene rings is 2. The van der Waals surface area contributed by atoms with Gasteiger partial charge >= 0.3 is 0 Å². The van der Waals surface area contributed by atoms with Gasteiger partial charge in [0.05, 0.1) is 9.37 Å². The van der Waals surface area contributed by atoms with E-state index in [-0.39, 0.29) is 23.8 Å². The van der Waals surface area contributed by atoms with Gasteiger partial charge in [0.25, 0.3) is 0 Å². The van der Waals surface area contributed by atoms with Crippen LogP contribution in [0.3, 0.4) is 0 Å². The summed E-state index contributed by atoms with van der Waals surface area (Å²) in [5, 5.41) is 0. The third-order valence-electron chi connectivity index (χ3n) is 3.59. The molecule has 0 N–H and O–H groups in total. The largest absolute Gasteiger partial charge is 0.243 e. The molecule has 3 nitrogen and oxygen atoms in total. The fourth-order valence-electron chi connectivity index (χ4n) is 2.39. The summed E-state index contributed by atoms with van der Waals surface area (Å²) in [5.74, 6) is -0.372. The Morgan fingerprint density at radius 3 is 2.29 bits per heavy atom. The highest BCUT2D eigenvalue weighted by atomic mass is 79.9. The van der Waals surface area contributed by atoms with E-state index >= 15 is 0 Å². The molecule has 6 heteroatoms. The lowest BCUT2D eigenvalue weighted by molar-refractivity contribution is 0.431. The van der Waals surface area contributed by atoms with Crippen molar-refractivity contribution in [3.8, 4) is 0 Å². The van der Waals surface area contributed by atoms with E-state index in [2.05, 4.69) is 15.9 Å². The molecule has 0 saturated carbocycles. The van der Waals surface area contributed by atoms with Gasteiger partial charge in [-0.25, -0.2) is 12.8 Å². The van der Waals surface area contributed by atoms with Gasteiger partial charge in [-0.05, 0) is 58.2 Å². The maximum atomic E-state index is 13.6. The van der Waals surface area contributed by atoms with Gasteiger partial charge in [0.2, 0.25) is 10.0 Å². The molecule has 0 bridgehead atoms. The monoisotopic (exact) mass is 369 g/mol. The van der Waals surface area contributed by atoms with Crippen LogP contribution in [0.4, 0.5) is 4.39 Å². The van der Waals surface area contributed by atoms with Gasteiger partial charge < -0.3 is 0 Å². The zero-order chi connectivity index (χ0) is 15.2. The molecule has 2 aromatic carbocycles. The van der Waals surface area contributed by atoms with Crippen LogP contribution in [0.25, 0.3) is 0 Å². The van der Waals surface area contributed by atoms with E-state index < -0.39 is 10.0 Å². The zero-order valence-electron chi connectivity index (χ0n) is 11.3. The van der Waals surface area contributed by atoms with Crippen molar-refractivity contribution >= 4 is 26.0 Å². The number of aryl methyl sites for hydroxylation is 1. The molecule has 0 fully saturated rings. The van der Waals surface area contributed by atoms with Crippen molar-refractivity contribution in [2.24, 2.45) is 0 Å². The predicted octanol–water partition coefficient (Wildman–Crippen LogP) is 3.60. The summed E-state index contributed by atoms with van der Waals surface area (Å²) >= 11 is 3.13. The van der Waals surface area contributed by atoms with E-state index in [1.807, 2.05) is 6.92 Å². The van der Waals surface area contributed by atoms with Crippen LogP contribution in [0.15, 0.2) is 45.8 Å². The summed E-state index contributed by atoms with van der Waals surface area (Å²) in [6.45, 7) is 2.38. The number of halogens is 2. The van der Waals surface area contributed by atoms with Crippen molar-refractivity contribution in [3.63, 3.8) is 0 Å². The van der Waals surface area contributed by atoms with Crippen molar-refractivity contribution in [2.45, 2.75) is 24.9 Å². The van der Waals surface area contributed by atoms with Crippen LogP contribution in [0, 0.1) is 12.7 Å². The summed E-state index contributed by atoms with van der Waals surface area (Å²) in [6, 6.07) is 9.78. The minimum absolute atomic E-state index is 0.204. The molecule has 3 rings (SSSR count). The molecule has 0 atom stereocenters. The first-order valence-electron chi connectivity index (χ1n) is 6.41. The molecular formula is C15H13BrFNO2S. The normalized spacial score (nSPS) is 15.2. The van der Waals surface area contributed by atoms with Crippen LogP contribution < -0.4 is 0 Å². The minimum Gasteiger partial charge on any atom is -0.207 e. The third-order valence-corrected chi connectivity index (χ3v) is 6.01. The smallest absolute Gasteiger partial charge is 0.207 e. The highest BCUT2D eigenvalue weighted by Crippen LogP contribution is 2.31. The minimum atomic E-state index is -3.55. The van der Waals surface area contributed by atoms with Gasteiger partial charge in [0.1, 0.15) is 5.82 Å². The Hall–Kier alpha value is -1.24. The molecule has 1 aliphatic heterocycles. The first-order chi connectivity index (χ1) is 9.88. The highest BCUT2D eigenvalue weighted by Gasteiger charge is 2.31. The lowest BCUT2D eigenvalue weighted by atomic mass is 10.1. The van der Waals surface area contributed by atoms with E-state index in [1.165, 1.54) is 10.4 Å².